The Morgan fingerprint density at radius 2 is 2.16 bits per heavy atom. The van der Waals surface area contributed by atoms with Gasteiger partial charge in [-0.2, -0.15) is 5.26 Å². The first-order valence-corrected chi connectivity index (χ1v) is 8.27. The number of likely N-dealkylation sites (N-methyl/N-ethyl adjacent to an activating group) is 1. The molecular weight excluding hydrogens is 343 g/mol. The van der Waals surface area contributed by atoms with E-state index in [1.807, 2.05) is 0 Å². The van der Waals surface area contributed by atoms with Gasteiger partial charge in [0.15, 0.2) is 12.1 Å². The fourth-order valence-corrected chi connectivity index (χ4v) is 3.75. The van der Waals surface area contributed by atoms with Gasteiger partial charge in [0.2, 0.25) is 0 Å². The lowest BCUT2D eigenvalue weighted by atomic mass is 9.89. The normalized spacial score (nSPS) is 23.3. The molecule has 8 heteroatoms. The number of carbonyl (C=O) groups is 1. The van der Waals surface area contributed by atoms with Crippen molar-refractivity contribution in [2.75, 3.05) is 7.05 Å². The van der Waals surface area contributed by atoms with Crippen LogP contribution in [0.15, 0.2) is 29.6 Å². The fourth-order valence-electron chi connectivity index (χ4n) is 2.69. The summed E-state index contributed by atoms with van der Waals surface area (Å²) in [5, 5.41) is 31.9. The van der Waals surface area contributed by atoms with Crippen molar-refractivity contribution in [2.24, 2.45) is 0 Å². The molecule has 2 atom stereocenters. The van der Waals surface area contributed by atoms with Crippen LogP contribution < -0.4 is 5.32 Å². The van der Waals surface area contributed by atoms with Crippen molar-refractivity contribution < 1.29 is 14.3 Å². The number of amides is 1. The Hall–Kier alpha value is -2.76. The minimum atomic E-state index is -1.35. The molecule has 1 unspecified atom stereocenters. The van der Waals surface area contributed by atoms with Gasteiger partial charge in [0.25, 0.3) is 5.91 Å². The summed E-state index contributed by atoms with van der Waals surface area (Å²) < 4.78 is 13.5. The van der Waals surface area contributed by atoms with Gasteiger partial charge in [-0.3, -0.25) is 15.1 Å². The van der Waals surface area contributed by atoms with E-state index in [0.717, 1.165) is 10.5 Å². The van der Waals surface area contributed by atoms with Crippen LogP contribution in [0.1, 0.15) is 17.4 Å². The second-order valence-electron chi connectivity index (χ2n) is 5.98. The smallest absolute Gasteiger partial charge is 0.260 e. The molecule has 0 bridgehead atoms. The molecule has 0 spiro atoms. The van der Waals surface area contributed by atoms with E-state index >= 15 is 0 Å². The zero-order valence-corrected chi connectivity index (χ0v) is 14.3. The maximum Gasteiger partial charge on any atom is 0.260 e. The summed E-state index contributed by atoms with van der Waals surface area (Å²) in [5.41, 5.74) is 0.213. The maximum atomic E-state index is 13.5. The molecule has 2 heterocycles. The maximum absolute atomic E-state index is 13.5. The minimum absolute atomic E-state index is 0.0501. The number of thiophene rings is 1. The number of halogens is 1. The van der Waals surface area contributed by atoms with Crippen molar-refractivity contribution in [2.45, 2.75) is 18.6 Å². The predicted octanol–water partition coefficient (Wildman–Crippen LogP) is 2.00. The third-order valence-corrected chi connectivity index (χ3v) is 5.52. The molecule has 1 aromatic carbocycles. The summed E-state index contributed by atoms with van der Waals surface area (Å²) in [5.74, 6) is -1.24. The molecule has 1 saturated heterocycles. The van der Waals surface area contributed by atoms with Crippen LogP contribution in [0.2, 0.25) is 0 Å². The van der Waals surface area contributed by atoms with Gasteiger partial charge in [-0.1, -0.05) is 6.07 Å². The number of hydrogen-bond acceptors (Lipinski definition) is 5. The van der Waals surface area contributed by atoms with Crippen molar-refractivity contribution >= 4 is 23.2 Å². The first-order valence-electron chi connectivity index (χ1n) is 7.39. The molecule has 25 heavy (non-hydrogen) atoms. The van der Waals surface area contributed by atoms with E-state index in [0.29, 0.717) is 10.4 Å². The van der Waals surface area contributed by atoms with E-state index in [-0.39, 0.29) is 11.5 Å². The summed E-state index contributed by atoms with van der Waals surface area (Å²) in [6.07, 6.45) is -1.35. The Kier molecular flexibility index (Phi) is 4.06. The lowest BCUT2D eigenvalue weighted by Gasteiger charge is -2.42. The topological polar surface area (TPSA) is 100 Å². The SMILES string of the molecule is CN1C(=N)N[C@](C)(c2cc(-c3ccc(F)c(C#N)c3)cs2)C(O)C1=O. The quantitative estimate of drug-likeness (QED) is 0.764. The second-order valence-corrected chi connectivity index (χ2v) is 6.89. The molecule has 3 rings (SSSR count). The third-order valence-electron chi connectivity index (χ3n) is 4.36. The highest BCUT2D eigenvalue weighted by atomic mass is 32.1. The van der Waals surface area contributed by atoms with Crippen LogP contribution >= 0.6 is 11.3 Å². The van der Waals surface area contributed by atoms with Crippen LogP contribution in [-0.4, -0.2) is 35.0 Å². The van der Waals surface area contributed by atoms with Gasteiger partial charge in [-0.25, -0.2) is 4.39 Å². The van der Waals surface area contributed by atoms with Crippen molar-refractivity contribution in [1.82, 2.24) is 10.2 Å². The number of hydrogen-bond donors (Lipinski definition) is 3. The zero-order chi connectivity index (χ0) is 18.4. The lowest BCUT2D eigenvalue weighted by molar-refractivity contribution is -0.142. The third kappa shape index (κ3) is 2.67. The van der Waals surface area contributed by atoms with Crippen LogP contribution in [-0.2, 0) is 10.3 Å². The van der Waals surface area contributed by atoms with Crippen LogP contribution in [0.5, 0.6) is 0 Å². The second kappa shape index (κ2) is 5.95. The average Bonchev–Trinajstić information content (AvgIpc) is 3.09. The molecule has 128 valence electrons. The molecule has 2 aromatic rings. The van der Waals surface area contributed by atoms with Gasteiger partial charge in [-0.05, 0) is 41.6 Å². The molecule has 0 radical (unpaired) electrons. The van der Waals surface area contributed by atoms with E-state index in [1.165, 1.54) is 30.5 Å². The summed E-state index contributed by atoms with van der Waals surface area (Å²) in [6.45, 7) is 1.65. The molecular formula is C17H15FN4O2S. The van der Waals surface area contributed by atoms with Crippen LogP contribution in [0, 0.1) is 22.6 Å². The Balaban J connectivity index is 2.00. The van der Waals surface area contributed by atoms with Gasteiger partial charge in [0, 0.05) is 11.9 Å². The first-order chi connectivity index (χ1) is 11.8. The van der Waals surface area contributed by atoms with Gasteiger partial charge in [0.05, 0.1) is 5.56 Å². The monoisotopic (exact) mass is 358 g/mol. The number of aliphatic hydroxyl groups is 1. The Bertz CT molecular complexity index is 920. The van der Waals surface area contributed by atoms with Crippen molar-refractivity contribution in [3.63, 3.8) is 0 Å². The number of nitrogens with zero attached hydrogens (tertiary/aromatic N) is 2. The Labute approximate surface area is 147 Å². The molecule has 1 aromatic heterocycles. The first kappa shape index (κ1) is 17.1. The summed E-state index contributed by atoms with van der Waals surface area (Å²) in [4.78, 5) is 13.9. The highest BCUT2D eigenvalue weighted by Crippen LogP contribution is 2.36. The number of nitrogens with one attached hydrogen (secondary N) is 2. The summed E-state index contributed by atoms with van der Waals surface area (Å²) >= 11 is 1.31. The zero-order valence-electron chi connectivity index (χ0n) is 13.5. The molecule has 1 aliphatic rings. The highest BCUT2D eigenvalue weighted by Gasteiger charge is 2.47. The molecule has 3 N–H and O–H groups in total. The van der Waals surface area contributed by atoms with Crippen molar-refractivity contribution in [3.8, 4) is 17.2 Å². The van der Waals surface area contributed by atoms with Crippen LogP contribution in [0.3, 0.4) is 0 Å². The van der Waals surface area contributed by atoms with E-state index in [9.17, 15) is 14.3 Å². The van der Waals surface area contributed by atoms with Crippen LogP contribution in [0.4, 0.5) is 4.39 Å². The lowest BCUT2D eigenvalue weighted by Crippen LogP contribution is -2.66. The van der Waals surface area contributed by atoms with E-state index in [1.54, 1.807) is 30.5 Å². The molecule has 0 aliphatic carbocycles. The summed E-state index contributed by atoms with van der Waals surface area (Å²) in [7, 11) is 1.42. The average molecular weight is 358 g/mol. The molecule has 0 saturated carbocycles. The van der Waals surface area contributed by atoms with E-state index in [4.69, 9.17) is 10.7 Å². The Morgan fingerprint density at radius 1 is 1.44 bits per heavy atom. The number of aliphatic hydroxyl groups excluding tert-OH is 1. The summed E-state index contributed by atoms with van der Waals surface area (Å²) in [6, 6.07) is 7.82. The van der Waals surface area contributed by atoms with E-state index < -0.39 is 23.4 Å². The number of guanidine groups is 1. The van der Waals surface area contributed by atoms with Crippen molar-refractivity contribution in [1.29, 1.82) is 10.7 Å². The molecule has 1 fully saturated rings. The van der Waals surface area contributed by atoms with Gasteiger partial charge in [0.1, 0.15) is 17.4 Å². The number of carbonyl (C=O) groups excluding carboxylic acids is 1. The molecule has 1 amide bonds. The van der Waals surface area contributed by atoms with Gasteiger partial charge >= 0.3 is 0 Å². The number of rotatable bonds is 2. The predicted molar refractivity (Wildman–Crippen MR) is 91.4 cm³/mol. The minimum Gasteiger partial charge on any atom is -0.380 e. The largest absolute Gasteiger partial charge is 0.380 e. The van der Waals surface area contributed by atoms with Gasteiger partial charge < -0.3 is 10.4 Å². The fraction of sp³-hybridized carbons (Fsp3) is 0.235. The standard InChI is InChI=1S/C17H15FN4O2S/c1-17(14(23)15(24)22(2)16(20)21-17)13-6-11(8-25-13)9-3-4-12(18)10(5-9)7-19/h3-6,8,14,23H,1-2H3,(H2,20,21)/t14?,17-/m1/s1. The number of nitriles is 1. The Morgan fingerprint density at radius 3 is 2.84 bits per heavy atom. The van der Waals surface area contributed by atoms with Crippen molar-refractivity contribution in [3.05, 3.63) is 45.9 Å². The van der Waals surface area contributed by atoms with Crippen LogP contribution in [0.25, 0.3) is 11.1 Å². The molecule has 1 aliphatic heterocycles. The van der Waals surface area contributed by atoms with E-state index in [2.05, 4.69) is 5.32 Å². The van der Waals surface area contributed by atoms with Gasteiger partial charge in [-0.15, -0.1) is 11.3 Å². The number of benzene rings is 1. The molecule has 6 nitrogen and oxygen atoms in total. The highest BCUT2D eigenvalue weighted by molar-refractivity contribution is 7.10.